The van der Waals surface area contributed by atoms with Gasteiger partial charge in [0.05, 0.1) is 0 Å². The summed E-state index contributed by atoms with van der Waals surface area (Å²) in [7, 11) is 0. The Morgan fingerprint density at radius 2 is 1.54 bits per heavy atom. The van der Waals surface area contributed by atoms with Crippen molar-refractivity contribution in [1.82, 2.24) is 0 Å². The van der Waals surface area contributed by atoms with Crippen molar-refractivity contribution >= 4 is 15.9 Å². The second kappa shape index (κ2) is 8.68. The molecule has 1 saturated carbocycles. The third-order valence-corrected chi connectivity index (χ3v) is 5.65. The van der Waals surface area contributed by atoms with Crippen LogP contribution in [0.4, 0.5) is 17.6 Å². The van der Waals surface area contributed by atoms with Crippen molar-refractivity contribution in [2.24, 2.45) is 11.8 Å². The van der Waals surface area contributed by atoms with Crippen molar-refractivity contribution in [1.29, 1.82) is 0 Å². The maximum atomic E-state index is 13.7. The SMILES string of the molecule is CCC1CCC(CCCCc2cc(F)c(C(F)(F)Br)c(F)c2)CC1. The molecule has 0 N–H and O–H groups in total. The average Bonchev–Trinajstić information content (AvgIpc) is 2.50. The molecule has 24 heavy (non-hydrogen) atoms. The first-order valence-corrected chi connectivity index (χ1v) is 9.65. The topological polar surface area (TPSA) is 0 Å². The number of aryl methyl sites for hydroxylation is 1. The van der Waals surface area contributed by atoms with E-state index in [1.54, 1.807) is 0 Å². The maximum absolute atomic E-state index is 13.7. The highest BCUT2D eigenvalue weighted by molar-refractivity contribution is 9.09. The van der Waals surface area contributed by atoms with Crippen LogP contribution < -0.4 is 0 Å². The molecular weight excluding hydrogens is 384 g/mol. The minimum absolute atomic E-state index is 0.445. The summed E-state index contributed by atoms with van der Waals surface area (Å²) in [5, 5.41) is 0. The van der Waals surface area contributed by atoms with E-state index in [2.05, 4.69) is 6.92 Å². The number of hydrogen-bond donors (Lipinski definition) is 0. The lowest BCUT2D eigenvalue weighted by atomic mass is 9.79. The van der Waals surface area contributed by atoms with Crippen molar-refractivity contribution in [3.63, 3.8) is 0 Å². The van der Waals surface area contributed by atoms with Gasteiger partial charge in [-0.25, -0.2) is 8.78 Å². The van der Waals surface area contributed by atoms with Crippen molar-refractivity contribution in [2.45, 2.75) is 69.5 Å². The summed E-state index contributed by atoms with van der Waals surface area (Å²) in [6, 6.07) is 2.06. The summed E-state index contributed by atoms with van der Waals surface area (Å²) < 4.78 is 53.7. The van der Waals surface area contributed by atoms with E-state index in [9.17, 15) is 17.6 Å². The monoisotopic (exact) mass is 408 g/mol. The molecule has 2 rings (SSSR count). The Labute approximate surface area is 150 Å². The molecular formula is C19H25BrF4. The van der Waals surface area contributed by atoms with Gasteiger partial charge in [0.1, 0.15) is 17.2 Å². The lowest BCUT2D eigenvalue weighted by molar-refractivity contribution is 0.105. The molecule has 0 atom stereocenters. The molecule has 5 heteroatoms. The minimum atomic E-state index is -3.68. The van der Waals surface area contributed by atoms with Gasteiger partial charge in [0.15, 0.2) is 0 Å². The van der Waals surface area contributed by atoms with Crippen LogP contribution in [0.3, 0.4) is 0 Å². The normalized spacial score (nSPS) is 21.9. The second-order valence-electron chi connectivity index (χ2n) is 6.97. The van der Waals surface area contributed by atoms with Gasteiger partial charge in [-0.2, -0.15) is 8.78 Å². The molecule has 0 amide bonds. The third-order valence-electron chi connectivity index (χ3n) is 5.26. The van der Waals surface area contributed by atoms with Crippen LogP contribution >= 0.6 is 15.9 Å². The fraction of sp³-hybridized carbons (Fsp3) is 0.684. The van der Waals surface area contributed by atoms with Gasteiger partial charge in [0.25, 0.3) is 0 Å². The first kappa shape index (κ1) is 19.7. The predicted molar refractivity (Wildman–Crippen MR) is 92.5 cm³/mol. The molecule has 0 nitrogen and oxygen atoms in total. The number of alkyl halides is 3. The molecule has 0 heterocycles. The van der Waals surface area contributed by atoms with E-state index in [-0.39, 0.29) is 0 Å². The smallest absolute Gasteiger partial charge is 0.206 e. The Balaban J connectivity index is 1.79. The lowest BCUT2D eigenvalue weighted by Gasteiger charge is -2.27. The van der Waals surface area contributed by atoms with E-state index in [0.717, 1.165) is 43.2 Å². The molecule has 1 fully saturated rings. The van der Waals surface area contributed by atoms with Gasteiger partial charge in [0.2, 0.25) is 0 Å². The van der Waals surface area contributed by atoms with Crippen LogP contribution in [0, 0.1) is 23.5 Å². The molecule has 0 saturated heterocycles. The van der Waals surface area contributed by atoms with Crippen molar-refractivity contribution in [2.75, 3.05) is 0 Å². The number of benzene rings is 1. The first-order valence-electron chi connectivity index (χ1n) is 8.86. The summed E-state index contributed by atoms with van der Waals surface area (Å²) in [6.45, 7) is 2.25. The highest BCUT2D eigenvalue weighted by Crippen LogP contribution is 2.38. The molecule has 1 aromatic rings. The van der Waals surface area contributed by atoms with Gasteiger partial charge < -0.3 is 0 Å². The Kier molecular flexibility index (Phi) is 7.14. The molecule has 1 aliphatic rings. The summed E-state index contributed by atoms with van der Waals surface area (Å²) in [4.78, 5) is -3.68. The fourth-order valence-electron chi connectivity index (χ4n) is 3.73. The van der Waals surface area contributed by atoms with Gasteiger partial charge in [0, 0.05) is 0 Å². The molecule has 1 aromatic carbocycles. The highest BCUT2D eigenvalue weighted by Gasteiger charge is 2.34. The van der Waals surface area contributed by atoms with Crippen molar-refractivity contribution in [3.8, 4) is 0 Å². The van der Waals surface area contributed by atoms with Crippen LogP contribution in [0.15, 0.2) is 12.1 Å². The van der Waals surface area contributed by atoms with Gasteiger partial charge in [-0.1, -0.05) is 51.9 Å². The summed E-state index contributed by atoms with van der Waals surface area (Å²) in [5.41, 5.74) is -0.765. The largest absolute Gasteiger partial charge is 0.332 e. The number of rotatable bonds is 7. The van der Waals surface area contributed by atoms with E-state index in [0.29, 0.717) is 12.0 Å². The third kappa shape index (κ3) is 5.47. The summed E-state index contributed by atoms with van der Waals surface area (Å²) >= 11 is 2.02. The zero-order chi connectivity index (χ0) is 17.7. The number of unbranched alkanes of at least 4 members (excludes halogenated alkanes) is 1. The Bertz CT molecular complexity index is 508. The van der Waals surface area contributed by atoms with Crippen molar-refractivity contribution < 1.29 is 17.6 Å². The molecule has 0 bridgehead atoms. The number of halogens is 5. The van der Waals surface area contributed by atoms with Gasteiger partial charge in [-0.05, 0) is 58.3 Å². The van der Waals surface area contributed by atoms with E-state index in [1.807, 2.05) is 15.9 Å². The zero-order valence-electron chi connectivity index (χ0n) is 14.1. The van der Waals surface area contributed by atoms with Gasteiger partial charge >= 0.3 is 4.83 Å². The molecule has 0 aliphatic heterocycles. The van der Waals surface area contributed by atoms with Crippen LogP contribution in [-0.4, -0.2) is 0 Å². The first-order chi connectivity index (χ1) is 11.3. The van der Waals surface area contributed by atoms with E-state index < -0.39 is 22.0 Å². The Morgan fingerprint density at radius 1 is 1.00 bits per heavy atom. The second-order valence-corrected chi connectivity index (χ2v) is 7.97. The van der Waals surface area contributed by atoms with E-state index in [4.69, 9.17) is 0 Å². The van der Waals surface area contributed by atoms with Crippen molar-refractivity contribution in [3.05, 3.63) is 34.9 Å². The molecule has 0 unspecified atom stereocenters. The summed E-state index contributed by atoms with van der Waals surface area (Å²) in [6.07, 6.45) is 10.0. The standard InChI is InChI=1S/C19H25BrF4/c1-2-13-7-9-14(10-8-13)5-3-4-6-15-11-16(21)18(17(22)12-15)19(20,23)24/h11-14H,2-10H2,1H3. The van der Waals surface area contributed by atoms with Crippen LogP contribution in [0.25, 0.3) is 0 Å². The minimum Gasteiger partial charge on any atom is -0.206 e. The fourth-order valence-corrected chi connectivity index (χ4v) is 4.11. The highest BCUT2D eigenvalue weighted by atomic mass is 79.9. The molecule has 0 radical (unpaired) electrons. The van der Waals surface area contributed by atoms with E-state index in [1.165, 1.54) is 32.1 Å². The quantitative estimate of drug-likeness (QED) is 0.251. The molecule has 1 aliphatic carbocycles. The van der Waals surface area contributed by atoms with Crippen LogP contribution in [0.5, 0.6) is 0 Å². The number of hydrogen-bond acceptors (Lipinski definition) is 0. The lowest BCUT2D eigenvalue weighted by Crippen LogP contribution is -2.14. The maximum Gasteiger partial charge on any atom is 0.332 e. The molecule has 0 aromatic heterocycles. The molecule has 0 spiro atoms. The molecule has 136 valence electrons. The Hall–Kier alpha value is -0.580. The van der Waals surface area contributed by atoms with Gasteiger partial charge in [-0.15, -0.1) is 0 Å². The summed E-state index contributed by atoms with van der Waals surface area (Å²) in [5.74, 6) is -0.719. The van der Waals surface area contributed by atoms with E-state index >= 15 is 0 Å². The van der Waals surface area contributed by atoms with Crippen LogP contribution in [0.2, 0.25) is 0 Å². The van der Waals surface area contributed by atoms with Crippen LogP contribution in [0.1, 0.15) is 69.4 Å². The average molecular weight is 409 g/mol. The zero-order valence-corrected chi connectivity index (χ0v) is 15.6. The Morgan fingerprint density at radius 3 is 2.04 bits per heavy atom. The predicted octanol–water partition coefficient (Wildman–Crippen LogP) is 7.34. The van der Waals surface area contributed by atoms with Gasteiger partial charge in [-0.3, -0.25) is 0 Å². The van der Waals surface area contributed by atoms with Crippen LogP contribution in [-0.2, 0) is 11.3 Å².